The van der Waals surface area contributed by atoms with E-state index in [0.717, 1.165) is 49.9 Å². The molecule has 6 nitrogen and oxygen atoms in total. The molecule has 1 fully saturated rings. The first-order valence-corrected chi connectivity index (χ1v) is 14.7. The first-order valence-electron chi connectivity index (χ1n) is 14.7. The van der Waals surface area contributed by atoms with Gasteiger partial charge in [-0.1, -0.05) is 45.4 Å². The number of benzene rings is 2. The number of fused-ring (bicyclic) bond motifs is 3. The molecule has 212 valence electrons. The molecule has 39 heavy (non-hydrogen) atoms. The molecule has 1 saturated heterocycles. The number of hydrogen-bond acceptors (Lipinski definition) is 4. The van der Waals surface area contributed by atoms with Crippen molar-refractivity contribution in [1.29, 1.82) is 0 Å². The number of halogens is 1. The smallest absolute Gasteiger partial charge is 0.226 e. The molecule has 2 aromatic rings. The average molecular weight is 538 g/mol. The van der Waals surface area contributed by atoms with Crippen molar-refractivity contribution in [3.63, 3.8) is 0 Å². The summed E-state index contributed by atoms with van der Waals surface area (Å²) in [6, 6.07) is 14.6. The lowest BCUT2D eigenvalue weighted by Gasteiger charge is -2.44. The molecule has 0 N–H and O–H groups in total. The van der Waals surface area contributed by atoms with Crippen LogP contribution in [0.4, 0.5) is 10.1 Å². The maximum atomic E-state index is 13.7. The molecule has 2 heterocycles. The van der Waals surface area contributed by atoms with Gasteiger partial charge in [-0.15, -0.1) is 0 Å². The van der Waals surface area contributed by atoms with Gasteiger partial charge in [-0.3, -0.25) is 14.5 Å². The number of carbonyl (C=O) groups excluding carboxylic acids is 2. The van der Waals surface area contributed by atoms with Crippen LogP contribution in [-0.2, 0) is 16.1 Å². The predicted octanol–water partition coefficient (Wildman–Crippen LogP) is 6.04. The van der Waals surface area contributed by atoms with E-state index in [1.807, 2.05) is 41.0 Å². The topological polar surface area (TPSA) is 53.1 Å². The fourth-order valence-electron chi connectivity index (χ4n) is 5.91. The van der Waals surface area contributed by atoms with Crippen molar-refractivity contribution in [2.45, 2.75) is 84.3 Å². The molecule has 2 aromatic carbocycles. The van der Waals surface area contributed by atoms with E-state index in [1.54, 1.807) is 12.1 Å². The van der Waals surface area contributed by atoms with Crippen LogP contribution in [0.2, 0.25) is 0 Å². The van der Waals surface area contributed by atoms with Gasteiger partial charge < -0.3 is 14.5 Å². The lowest BCUT2D eigenvalue weighted by Crippen LogP contribution is -2.53. The average Bonchev–Trinajstić information content (AvgIpc) is 2.94. The quantitative estimate of drug-likeness (QED) is 0.412. The van der Waals surface area contributed by atoms with Crippen LogP contribution in [0, 0.1) is 11.7 Å². The molecule has 2 atom stereocenters. The third kappa shape index (κ3) is 7.81. The van der Waals surface area contributed by atoms with Crippen LogP contribution < -0.4 is 9.64 Å². The Bertz CT molecular complexity index is 1090. The van der Waals surface area contributed by atoms with Gasteiger partial charge in [0.2, 0.25) is 11.8 Å². The molecule has 2 aliphatic rings. The van der Waals surface area contributed by atoms with Crippen molar-refractivity contribution >= 4 is 17.5 Å². The molecule has 7 heteroatoms. The van der Waals surface area contributed by atoms with Crippen LogP contribution in [0.25, 0.3) is 0 Å². The molecule has 0 aliphatic carbocycles. The third-order valence-corrected chi connectivity index (χ3v) is 8.09. The number of ether oxygens (including phenoxy) is 1. The first-order chi connectivity index (χ1) is 18.9. The van der Waals surface area contributed by atoms with Crippen molar-refractivity contribution in [3.05, 3.63) is 59.9 Å². The van der Waals surface area contributed by atoms with Crippen LogP contribution in [0.1, 0.15) is 71.3 Å². The Morgan fingerprint density at radius 1 is 1.00 bits per heavy atom. The van der Waals surface area contributed by atoms with Crippen LogP contribution in [-0.4, -0.2) is 59.9 Å². The Kier molecular flexibility index (Phi) is 10.4. The second kappa shape index (κ2) is 13.9. The van der Waals surface area contributed by atoms with Gasteiger partial charge in [-0.2, -0.15) is 0 Å². The Morgan fingerprint density at radius 3 is 2.49 bits per heavy atom. The third-order valence-electron chi connectivity index (χ3n) is 8.09. The highest BCUT2D eigenvalue weighted by atomic mass is 19.1. The maximum Gasteiger partial charge on any atom is 0.226 e. The highest BCUT2D eigenvalue weighted by molar-refractivity contribution is 5.94. The van der Waals surface area contributed by atoms with Crippen molar-refractivity contribution < 1.29 is 18.7 Å². The molecule has 2 aliphatic heterocycles. The van der Waals surface area contributed by atoms with Gasteiger partial charge in [-0.25, -0.2) is 4.39 Å². The maximum absolute atomic E-state index is 13.7. The number of hydrogen-bond donors (Lipinski definition) is 0. The van der Waals surface area contributed by atoms with Crippen LogP contribution in [0.15, 0.2) is 48.5 Å². The van der Waals surface area contributed by atoms with E-state index >= 15 is 0 Å². The number of piperidine rings is 1. The predicted molar refractivity (Wildman–Crippen MR) is 153 cm³/mol. The summed E-state index contributed by atoms with van der Waals surface area (Å²) in [6.07, 6.45) is 6.07. The summed E-state index contributed by atoms with van der Waals surface area (Å²) in [5.41, 5.74) is 1.91. The molecule has 0 saturated carbocycles. The largest absolute Gasteiger partial charge is 0.493 e. The van der Waals surface area contributed by atoms with Crippen molar-refractivity contribution in [2.24, 2.45) is 5.92 Å². The van der Waals surface area contributed by atoms with Gasteiger partial charge in [0, 0.05) is 43.8 Å². The Hall–Kier alpha value is -2.93. The SMILES string of the molecule is CCC(=O)N1CCC2CCCC(CN(C(=O)CCOc3ccc(F)cc3)Cc3ccccc31)N2CCC(C)C. The summed E-state index contributed by atoms with van der Waals surface area (Å²) in [7, 11) is 0. The molecule has 0 spiro atoms. The summed E-state index contributed by atoms with van der Waals surface area (Å²) in [5, 5.41) is 0. The minimum absolute atomic E-state index is 0.0328. The van der Waals surface area contributed by atoms with Gasteiger partial charge in [0.25, 0.3) is 0 Å². The van der Waals surface area contributed by atoms with Gasteiger partial charge in [0.1, 0.15) is 11.6 Å². The van der Waals surface area contributed by atoms with E-state index in [9.17, 15) is 14.0 Å². The van der Waals surface area contributed by atoms with Gasteiger partial charge in [0.05, 0.1) is 13.0 Å². The number of amides is 2. The second-order valence-corrected chi connectivity index (χ2v) is 11.3. The summed E-state index contributed by atoms with van der Waals surface area (Å²) in [5.74, 6) is 0.992. The Morgan fingerprint density at radius 2 is 1.74 bits per heavy atom. The summed E-state index contributed by atoms with van der Waals surface area (Å²) in [6.45, 7) is 9.50. The molecular weight excluding hydrogens is 493 g/mol. The second-order valence-electron chi connectivity index (χ2n) is 11.3. The molecule has 0 aromatic heterocycles. The number of rotatable bonds is 8. The number of carbonyl (C=O) groups is 2. The minimum atomic E-state index is -0.316. The molecule has 2 amide bonds. The highest BCUT2D eigenvalue weighted by Crippen LogP contribution is 2.31. The first kappa shape index (κ1) is 29.1. The van der Waals surface area contributed by atoms with Gasteiger partial charge in [0.15, 0.2) is 0 Å². The van der Waals surface area contributed by atoms with Crippen LogP contribution in [0.5, 0.6) is 5.75 Å². The number of para-hydroxylation sites is 1. The zero-order chi connectivity index (χ0) is 27.8. The fraction of sp³-hybridized carbons (Fsp3) is 0.562. The van der Waals surface area contributed by atoms with Crippen LogP contribution in [0.3, 0.4) is 0 Å². The van der Waals surface area contributed by atoms with Crippen molar-refractivity contribution in [3.8, 4) is 5.75 Å². The van der Waals surface area contributed by atoms with Crippen LogP contribution >= 0.6 is 0 Å². The molecule has 2 unspecified atom stereocenters. The molecular formula is C32H44FN3O3. The normalized spacial score (nSPS) is 20.3. The molecule has 0 radical (unpaired) electrons. The Balaban J connectivity index is 1.60. The van der Waals surface area contributed by atoms with Crippen molar-refractivity contribution in [2.75, 3.05) is 31.1 Å². The van der Waals surface area contributed by atoms with Gasteiger partial charge >= 0.3 is 0 Å². The summed E-state index contributed by atoms with van der Waals surface area (Å²) < 4.78 is 19.0. The van der Waals surface area contributed by atoms with E-state index in [0.29, 0.717) is 49.8 Å². The monoisotopic (exact) mass is 537 g/mol. The fourth-order valence-corrected chi connectivity index (χ4v) is 5.91. The van der Waals surface area contributed by atoms with E-state index in [4.69, 9.17) is 4.74 Å². The number of anilines is 1. The Labute approximate surface area is 233 Å². The lowest BCUT2D eigenvalue weighted by atomic mass is 9.92. The molecule has 2 bridgehead atoms. The number of nitrogens with zero attached hydrogens (tertiary/aromatic N) is 3. The lowest BCUT2D eigenvalue weighted by molar-refractivity contribution is -0.133. The van der Waals surface area contributed by atoms with Gasteiger partial charge in [-0.05, 0) is 74.0 Å². The zero-order valence-electron chi connectivity index (χ0n) is 23.8. The van der Waals surface area contributed by atoms with E-state index < -0.39 is 0 Å². The van der Waals surface area contributed by atoms with E-state index in [2.05, 4.69) is 18.7 Å². The highest BCUT2D eigenvalue weighted by Gasteiger charge is 2.34. The summed E-state index contributed by atoms with van der Waals surface area (Å²) >= 11 is 0. The zero-order valence-corrected chi connectivity index (χ0v) is 23.8. The minimum Gasteiger partial charge on any atom is -0.493 e. The molecule has 4 rings (SSSR count). The standard InChI is InChI=1S/C32H44FN3O3/c1-4-31(37)36-20-17-27-9-7-10-28(35(27)19-16-24(2)3)23-34(22-25-8-5-6-11-30(25)36)32(38)18-21-39-29-14-12-26(33)13-15-29/h5-6,8,11-15,24,27-28H,4,7,9-10,16-23H2,1-3H3. The van der Waals surface area contributed by atoms with E-state index in [1.165, 1.54) is 12.1 Å². The van der Waals surface area contributed by atoms with E-state index in [-0.39, 0.29) is 30.7 Å². The summed E-state index contributed by atoms with van der Waals surface area (Å²) in [4.78, 5) is 33.4. The van der Waals surface area contributed by atoms with Crippen molar-refractivity contribution in [1.82, 2.24) is 9.80 Å².